The van der Waals surface area contributed by atoms with E-state index in [0.717, 1.165) is 6.42 Å². The number of rotatable bonds is 2. The summed E-state index contributed by atoms with van der Waals surface area (Å²) in [6, 6.07) is 0. The fourth-order valence-corrected chi connectivity index (χ4v) is 2.68. The number of hydrogen-bond donors (Lipinski definition) is 0. The van der Waals surface area contributed by atoms with E-state index in [4.69, 9.17) is 4.74 Å². The second-order valence-corrected chi connectivity index (χ2v) is 5.97. The van der Waals surface area contributed by atoms with Gasteiger partial charge in [0.05, 0.1) is 12.5 Å². The smallest absolute Gasteiger partial charge is 0.312 e. The second-order valence-electron chi connectivity index (χ2n) is 5.97. The van der Waals surface area contributed by atoms with E-state index in [-0.39, 0.29) is 23.1 Å². The zero-order chi connectivity index (χ0) is 13.8. The monoisotopic (exact) mass is 252 g/mol. The SMILES string of the molecule is CCOC(=O)C1/C=C(\C)CC(C)(C)CC(=O)CC1. The summed E-state index contributed by atoms with van der Waals surface area (Å²) in [6.45, 7) is 8.43. The van der Waals surface area contributed by atoms with E-state index < -0.39 is 0 Å². The van der Waals surface area contributed by atoms with Crippen LogP contribution in [0.25, 0.3) is 0 Å². The molecule has 0 aromatic carbocycles. The van der Waals surface area contributed by atoms with Crippen molar-refractivity contribution in [1.82, 2.24) is 0 Å². The van der Waals surface area contributed by atoms with Crippen molar-refractivity contribution in [2.75, 3.05) is 6.61 Å². The molecule has 3 nitrogen and oxygen atoms in total. The molecule has 0 aromatic rings. The Bertz CT molecular complexity index is 353. The first-order valence-electron chi connectivity index (χ1n) is 6.69. The highest BCUT2D eigenvalue weighted by Gasteiger charge is 2.27. The third-order valence-electron chi connectivity index (χ3n) is 3.24. The first-order valence-corrected chi connectivity index (χ1v) is 6.69. The topological polar surface area (TPSA) is 43.4 Å². The molecule has 0 spiro atoms. The van der Waals surface area contributed by atoms with E-state index in [1.54, 1.807) is 6.92 Å². The zero-order valence-corrected chi connectivity index (χ0v) is 11.9. The molecular formula is C15H24O3. The normalized spacial score (nSPS) is 27.4. The van der Waals surface area contributed by atoms with Crippen molar-refractivity contribution >= 4 is 11.8 Å². The van der Waals surface area contributed by atoms with E-state index in [1.165, 1.54) is 5.57 Å². The van der Waals surface area contributed by atoms with Crippen molar-refractivity contribution in [3.63, 3.8) is 0 Å². The largest absolute Gasteiger partial charge is 0.466 e. The highest BCUT2D eigenvalue weighted by atomic mass is 16.5. The number of carbonyl (C=O) groups excluding carboxylic acids is 2. The van der Waals surface area contributed by atoms with Crippen molar-refractivity contribution < 1.29 is 14.3 Å². The maximum atomic E-state index is 11.9. The number of esters is 1. The van der Waals surface area contributed by atoms with Crippen LogP contribution in [0, 0.1) is 11.3 Å². The van der Waals surface area contributed by atoms with Crippen LogP contribution in [0.5, 0.6) is 0 Å². The van der Waals surface area contributed by atoms with E-state index in [9.17, 15) is 9.59 Å². The van der Waals surface area contributed by atoms with Gasteiger partial charge in [-0.2, -0.15) is 0 Å². The number of carbonyl (C=O) groups is 2. The van der Waals surface area contributed by atoms with E-state index in [2.05, 4.69) is 13.8 Å². The lowest BCUT2D eigenvalue weighted by molar-refractivity contribution is -0.146. The van der Waals surface area contributed by atoms with Crippen molar-refractivity contribution in [3.8, 4) is 0 Å². The second kappa shape index (κ2) is 6.17. The maximum absolute atomic E-state index is 11.9. The van der Waals surface area contributed by atoms with Gasteiger partial charge in [0, 0.05) is 12.8 Å². The van der Waals surface area contributed by atoms with Crippen LogP contribution < -0.4 is 0 Å². The van der Waals surface area contributed by atoms with Crippen LogP contribution in [0.2, 0.25) is 0 Å². The van der Waals surface area contributed by atoms with Gasteiger partial charge in [-0.25, -0.2) is 0 Å². The van der Waals surface area contributed by atoms with Gasteiger partial charge < -0.3 is 4.74 Å². The molecule has 0 amide bonds. The molecule has 0 N–H and O–H groups in total. The Kier molecular flexibility index (Phi) is 5.12. The summed E-state index contributed by atoms with van der Waals surface area (Å²) < 4.78 is 5.06. The lowest BCUT2D eigenvalue weighted by Crippen LogP contribution is -2.18. The first-order chi connectivity index (χ1) is 8.34. The van der Waals surface area contributed by atoms with Crippen LogP contribution in [-0.2, 0) is 14.3 Å². The minimum absolute atomic E-state index is 0.0127. The minimum atomic E-state index is -0.261. The summed E-state index contributed by atoms with van der Waals surface area (Å²) in [6.07, 6.45) is 4.47. The molecule has 0 saturated carbocycles. The molecule has 18 heavy (non-hydrogen) atoms. The van der Waals surface area contributed by atoms with Crippen LogP contribution >= 0.6 is 0 Å². The van der Waals surface area contributed by atoms with Gasteiger partial charge in [-0.15, -0.1) is 0 Å². The fourth-order valence-electron chi connectivity index (χ4n) is 2.68. The standard InChI is InChI=1S/C15H24O3/c1-5-18-14(17)12-6-7-13(16)10-15(3,4)9-11(2)8-12/h8,12H,5-7,9-10H2,1-4H3/b11-8+. The molecule has 1 atom stereocenters. The molecule has 0 fully saturated rings. The van der Waals surface area contributed by atoms with Gasteiger partial charge in [0.1, 0.15) is 5.78 Å². The Hall–Kier alpha value is -1.12. The molecular weight excluding hydrogens is 228 g/mol. The van der Waals surface area contributed by atoms with E-state index in [0.29, 0.717) is 25.9 Å². The predicted octanol–water partition coefficient (Wildman–Crippen LogP) is 3.28. The van der Waals surface area contributed by atoms with E-state index in [1.807, 2.05) is 13.0 Å². The molecule has 0 saturated heterocycles. The molecule has 0 aromatic heterocycles. The Balaban J connectivity index is 2.87. The van der Waals surface area contributed by atoms with Crippen molar-refractivity contribution in [2.24, 2.45) is 11.3 Å². The van der Waals surface area contributed by atoms with E-state index >= 15 is 0 Å². The first kappa shape index (κ1) is 14.9. The van der Waals surface area contributed by atoms with Gasteiger partial charge in [-0.1, -0.05) is 25.5 Å². The lowest BCUT2D eigenvalue weighted by Gasteiger charge is -2.23. The number of hydrogen-bond acceptors (Lipinski definition) is 3. The number of allylic oxidation sites excluding steroid dienone is 1. The van der Waals surface area contributed by atoms with Gasteiger partial charge in [-0.3, -0.25) is 9.59 Å². The molecule has 3 heteroatoms. The van der Waals surface area contributed by atoms with Crippen LogP contribution in [0.4, 0.5) is 0 Å². The molecule has 0 heterocycles. The lowest BCUT2D eigenvalue weighted by atomic mass is 9.81. The highest BCUT2D eigenvalue weighted by molar-refractivity contribution is 5.81. The molecule has 1 rings (SSSR count). The Morgan fingerprint density at radius 2 is 2.11 bits per heavy atom. The molecule has 1 aliphatic rings. The van der Waals surface area contributed by atoms with Crippen molar-refractivity contribution in [2.45, 2.75) is 53.4 Å². The highest BCUT2D eigenvalue weighted by Crippen LogP contribution is 2.32. The summed E-state index contributed by atoms with van der Waals surface area (Å²) in [5.74, 6) is -0.218. The summed E-state index contributed by atoms with van der Waals surface area (Å²) in [4.78, 5) is 23.7. The average molecular weight is 252 g/mol. The van der Waals surface area contributed by atoms with Crippen LogP contribution in [0.1, 0.15) is 53.4 Å². The zero-order valence-electron chi connectivity index (χ0n) is 11.9. The maximum Gasteiger partial charge on any atom is 0.312 e. The summed E-state index contributed by atoms with van der Waals surface area (Å²) in [5.41, 5.74) is 1.16. The summed E-state index contributed by atoms with van der Waals surface area (Å²) in [5, 5.41) is 0. The molecule has 0 aliphatic heterocycles. The van der Waals surface area contributed by atoms with Gasteiger partial charge in [0.15, 0.2) is 0 Å². The number of ketones is 1. The van der Waals surface area contributed by atoms with Gasteiger partial charge in [0.2, 0.25) is 0 Å². The Morgan fingerprint density at radius 3 is 2.72 bits per heavy atom. The number of Topliss-reactive ketones (excluding diaryl/α,β-unsaturated/α-hetero) is 1. The minimum Gasteiger partial charge on any atom is -0.466 e. The molecule has 1 aliphatic carbocycles. The van der Waals surface area contributed by atoms with Crippen molar-refractivity contribution in [1.29, 1.82) is 0 Å². The molecule has 102 valence electrons. The quantitative estimate of drug-likeness (QED) is 0.559. The number of ether oxygens (including phenoxy) is 1. The van der Waals surface area contributed by atoms with Gasteiger partial charge in [0.25, 0.3) is 0 Å². The fraction of sp³-hybridized carbons (Fsp3) is 0.733. The van der Waals surface area contributed by atoms with Crippen LogP contribution in [0.15, 0.2) is 11.6 Å². The predicted molar refractivity (Wildman–Crippen MR) is 71.1 cm³/mol. The molecule has 1 unspecified atom stereocenters. The average Bonchev–Trinajstić information content (AvgIpc) is 2.26. The summed E-state index contributed by atoms with van der Waals surface area (Å²) in [7, 11) is 0. The Morgan fingerprint density at radius 1 is 1.44 bits per heavy atom. The third kappa shape index (κ3) is 4.63. The Labute approximate surface area is 110 Å². The van der Waals surface area contributed by atoms with Gasteiger partial charge in [-0.05, 0) is 32.1 Å². The molecule has 0 radical (unpaired) electrons. The van der Waals surface area contributed by atoms with Crippen LogP contribution in [-0.4, -0.2) is 18.4 Å². The summed E-state index contributed by atoms with van der Waals surface area (Å²) >= 11 is 0. The third-order valence-corrected chi connectivity index (χ3v) is 3.24. The van der Waals surface area contributed by atoms with Gasteiger partial charge >= 0.3 is 5.97 Å². The molecule has 0 bridgehead atoms. The van der Waals surface area contributed by atoms with Crippen molar-refractivity contribution in [3.05, 3.63) is 11.6 Å². The van der Waals surface area contributed by atoms with Crippen LogP contribution in [0.3, 0.4) is 0 Å².